The average molecular weight is 467 g/mol. The maximum atomic E-state index is 6.25. The Bertz CT molecular complexity index is 1420. The highest BCUT2D eigenvalue weighted by atomic mass is 16.5. The van der Waals surface area contributed by atoms with Crippen molar-refractivity contribution in [2.24, 2.45) is 0 Å². The molecule has 8 heteroatoms. The van der Waals surface area contributed by atoms with Crippen LogP contribution in [-0.4, -0.2) is 32.2 Å². The van der Waals surface area contributed by atoms with E-state index >= 15 is 0 Å². The van der Waals surface area contributed by atoms with E-state index < -0.39 is 0 Å². The van der Waals surface area contributed by atoms with Crippen LogP contribution in [0.4, 0.5) is 11.7 Å². The zero-order chi connectivity index (χ0) is 24.0. The van der Waals surface area contributed by atoms with Crippen LogP contribution in [0.3, 0.4) is 0 Å². The van der Waals surface area contributed by atoms with E-state index in [1.807, 2.05) is 55.5 Å². The predicted octanol–water partition coefficient (Wildman–Crippen LogP) is 6.33. The van der Waals surface area contributed by atoms with Gasteiger partial charge in [0.05, 0.1) is 12.3 Å². The van der Waals surface area contributed by atoms with Gasteiger partial charge in [0.25, 0.3) is 6.01 Å². The number of para-hydroxylation sites is 2. The molecule has 0 spiro atoms. The van der Waals surface area contributed by atoms with Crippen LogP contribution in [0, 0.1) is 0 Å². The summed E-state index contributed by atoms with van der Waals surface area (Å²) in [6.07, 6.45) is 5.77. The van der Waals surface area contributed by atoms with Gasteiger partial charge in [-0.25, -0.2) is 0 Å². The quantitative estimate of drug-likeness (QED) is 0.245. The van der Waals surface area contributed by atoms with Gasteiger partial charge in [-0.1, -0.05) is 55.5 Å². The second kappa shape index (κ2) is 10.2. The summed E-state index contributed by atoms with van der Waals surface area (Å²) in [6, 6.07) is 20.3. The molecule has 2 aromatic heterocycles. The SMILES string of the molecule is CC=CCc1cc(-c2ccccc2-c2nn[nH]n2)cc(Nc2nc3ccccc3o2)c1OCCC. The monoisotopic (exact) mass is 466 g/mol. The number of hydrogen-bond acceptors (Lipinski definition) is 7. The van der Waals surface area contributed by atoms with E-state index in [0.717, 1.165) is 57.6 Å². The van der Waals surface area contributed by atoms with Gasteiger partial charge in [0.2, 0.25) is 5.82 Å². The van der Waals surface area contributed by atoms with Gasteiger partial charge in [0.1, 0.15) is 11.3 Å². The first kappa shape index (κ1) is 22.3. The molecule has 0 aliphatic rings. The van der Waals surface area contributed by atoms with Gasteiger partial charge in [0, 0.05) is 11.1 Å². The lowest BCUT2D eigenvalue weighted by atomic mass is 9.95. The van der Waals surface area contributed by atoms with Gasteiger partial charge in [0.15, 0.2) is 5.58 Å². The third-order valence-corrected chi connectivity index (χ3v) is 5.55. The van der Waals surface area contributed by atoms with Crippen molar-refractivity contribution in [3.8, 4) is 28.3 Å². The summed E-state index contributed by atoms with van der Waals surface area (Å²) in [5.41, 5.74) is 6.21. The van der Waals surface area contributed by atoms with Crippen molar-refractivity contribution < 1.29 is 9.15 Å². The highest BCUT2D eigenvalue weighted by Crippen LogP contribution is 2.40. The minimum absolute atomic E-state index is 0.410. The first-order chi connectivity index (χ1) is 17.3. The summed E-state index contributed by atoms with van der Waals surface area (Å²) >= 11 is 0. The molecule has 0 radical (unpaired) electrons. The van der Waals surface area contributed by atoms with E-state index in [1.54, 1.807) is 0 Å². The Kier molecular flexibility index (Phi) is 6.52. The van der Waals surface area contributed by atoms with E-state index in [1.165, 1.54) is 0 Å². The Morgan fingerprint density at radius 3 is 2.66 bits per heavy atom. The molecule has 5 rings (SSSR count). The lowest BCUT2D eigenvalue weighted by molar-refractivity contribution is 0.316. The molecule has 3 aromatic carbocycles. The van der Waals surface area contributed by atoms with Crippen LogP contribution in [0.2, 0.25) is 0 Å². The standard InChI is InChI=1S/C27H26N6O2/c1-3-5-10-18-16-19(20-11-6-7-12-21(20)26-30-32-33-31-26)17-23(25(18)34-15-4-2)29-27-28-22-13-8-9-14-24(22)35-27/h3,5-9,11-14,16-17H,4,10,15H2,1-2H3,(H,28,29)(H,30,31,32,33). The lowest BCUT2D eigenvalue weighted by Crippen LogP contribution is -2.04. The Labute approximate surface area is 203 Å². The molecule has 0 atom stereocenters. The van der Waals surface area contributed by atoms with Crippen LogP contribution in [0.15, 0.2) is 77.2 Å². The number of nitrogens with one attached hydrogen (secondary N) is 2. The van der Waals surface area contributed by atoms with E-state index in [-0.39, 0.29) is 0 Å². The number of H-pyrrole nitrogens is 1. The van der Waals surface area contributed by atoms with Gasteiger partial charge >= 0.3 is 0 Å². The van der Waals surface area contributed by atoms with E-state index in [9.17, 15) is 0 Å². The molecule has 0 fully saturated rings. The number of aromatic amines is 1. The zero-order valence-electron chi connectivity index (χ0n) is 19.7. The molecule has 176 valence electrons. The molecule has 0 saturated heterocycles. The zero-order valence-corrected chi connectivity index (χ0v) is 19.7. The molecular weight excluding hydrogens is 440 g/mol. The van der Waals surface area contributed by atoms with E-state index in [4.69, 9.17) is 9.15 Å². The Morgan fingerprint density at radius 2 is 1.89 bits per heavy atom. The third kappa shape index (κ3) is 4.77. The molecule has 0 bridgehead atoms. The summed E-state index contributed by atoms with van der Waals surface area (Å²) in [5, 5.41) is 18.0. The molecular formula is C27H26N6O2. The lowest BCUT2D eigenvalue weighted by Gasteiger charge is -2.18. The van der Waals surface area contributed by atoms with Gasteiger partial charge < -0.3 is 14.5 Å². The van der Waals surface area contributed by atoms with Crippen molar-refractivity contribution >= 4 is 22.8 Å². The number of benzene rings is 3. The fourth-order valence-corrected chi connectivity index (χ4v) is 3.95. The van der Waals surface area contributed by atoms with Gasteiger partial charge in [-0.2, -0.15) is 10.2 Å². The van der Waals surface area contributed by atoms with Crippen LogP contribution in [0.25, 0.3) is 33.6 Å². The number of allylic oxidation sites excluding steroid dienone is 2. The fraction of sp³-hybridized carbons (Fsp3) is 0.185. The number of rotatable bonds is 9. The Morgan fingerprint density at radius 1 is 1.06 bits per heavy atom. The third-order valence-electron chi connectivity index (χ3n) is 5.55. The normalized spacial score (nSPS) is 11.4. The smallest absolute Gasteiger partial charge is 0.300 e. The molecule has 5 aromatic rings. The summed E-state index contributed by atoms with van der Waals surface area (Å²) in [5.74, 6) is 1.32. The predicted molar refractivity (Wildman–Crippen MR) is 137 cm³/mol. The van der Waals surface area contributed by atoms with Crippen LogP contribution in [0.5, 0.6) is 5.75 Å². The number of ether oxygens (including phenoxy) is 1. The molecule has 2 N–H and O–H groups in total. The van der Waals surface area contributed by atoms with E-state index in [2.05, 4.69) is 62.1 Å². The average Bonchev–Trinajstić information content (AvgIpc) is 3.56. The van der Waals surface area contributed by atoms with Crippen molar-refractivity contribution in [3.63, 3.8) is 0 Å². The maximum Gasteiger partial charge on any atom is 0.300 e. The van der Waals surface area contributed by atoms with Crippen molar-refractivity contribution in [3.05, 3.63) is 78.4 Å². The molecule has 0 saturated carbocycles. The maximum absolute atomic E-state index is 6.25. The second-order valence-corrected chi connectivity index (χ2v) is 8.03. The summed E-state index contributed by atoms with van der Waals surface area (Å²) < 4.78 is 12.2. The van der Waals surface area contributed by atoms with Crippen molar-refractivity contribution in [2.75, 3.05) is 11.9 Å². The van der Waals surface area contributed by atoms with Crippen LogP contribution >= 0.6 is 0 Å². The molecule has 2 heterocycles. The van der Waals surface area contributed by atoms with E-state index in [0.29, 0.717) is 18.4 Å². The topological polar surface area (TPSA) is 102 Å². The number of hydrogen-bond donors (Lipinski definition) is 2. The van der Waals surface area contributed by atoms with Gasteiger partial charge in [-0.15, -0.1) is 10.2 Å². The molecule has 0 aliphatic heterocycles. The number of fused-ring (bicyclic) bond motifs is 1. The molecule has 0 aliphatic carbocycles. The Hall–Kier alpha value is -4.46. The number of oxazole rings is 1. The minimum Gasteiger partial charge on any atom is -0.491 e. The van der Waals surface area contributed by atoms with Crippen molar-refractivity contribution in [2.45, 2.75) is 26.7 Å². The van der Waals surface area contributed by atoms with Crippen molar-refractivity contribution in [1.29, 1.82) is 0 Å². The second-order valence-electron chi connectivity index (χ2n) is 8.03. The number of anilines is 2. The summed E-state index contributed by atoms with van der Waals surface area (Å²) in [7, 11) is 0. The van der Waals surface area contributed by atoms with Crippen LogP contribution in [-0.2, 0) is 6.42 Å². The summed E-state index contributed by atoms with van der Waals surface area (Å²) in [4.78, 5) is 4.60. The fourth-order valence-electron chi connectivity index (χ4n) is 3.95. The highest BCUT2D eigenvalue weighted by molar-refractivity contribution is 5.85. The Balaban J connectivity index is 1.66. The minimum atomic E-state index is 0.410. The van der Waals surface area contributed by atoms with Crippen LogP contribution in [0.1, 0.15) is 25.8 Å². The number of aromatic nitrogens is 5. The number of tetrazole rings is 1. The van der Waals surface area contributed by atoms with Crippen molar-refractivity contribution in [1.82, 2.24) is 25.6 Å². The molecule has 8 nitrogen and oxygen atoms in total. The first-order valence-electron chi connectivity index (χ1n) is 11.6. The largest absolute Gasteiger partial charge is 0.491 e. The molecule has 0 amide bonds. The van der Waals surface area contributed by atoms with Gasteiger partial charge in [-0.3, -0.25) is 0 Å². The summed E-state index contributed by atoms with van der Waals surface area (Å²) in [6.45, 7) is 4.71. The van der Waals surface area contributed by atoms with Crippen LogP contribution < -0.4 is 10.1 Å². The first-order valence-corrected chi connectivity index (χ1v) is 11.6. The van der Waals surface area contributed by atoms with Gasteiger partial charge in [-0.05, 0) is 60.4 Å². The number of nitrogens with zero attached hydrogens (tertiary/aromatic N) is 4. The molecule has 0 unspecified atom stereocenters. The molecule has 35 heavy (non-hydrogen) atoms. The highest BCUT2D eigenvalue weighted by Gasteiger charge is 2.18.